The fraction of sp³-hybridized carbons (Fsp3) is 0.909. The standard InChI is InChI=1S/C11H22N3O2P/c15-11(10-1-3-14(17)4-2-10)12-9-13-5-7-16-8-6-13/h10H,1-9,17H2,(H,12,15). The molecule has 2 aliphatic heterocycles. The number of carbonyl (C=O) groups excluding carboxylic acids is 1. The summed E-state index contributed by atoms with van der Waals surface area (Å²) in [6.45, 7) is 6.07. The highest BCUT2D eigenvalue weighted by Crippen LogP contribution is 2.19. The summed E-state index contributed by atoms with van der Waals surface area (Å²) in [7, 11) is 2.71. The summed E-state index contributed by atoms with van der Waals surface area (Å²) in [6, 6.07) is 0. The first-order chi connectivity index (χ1) is 8.25. The molecule has 0 aliphatic carbocycles. The smallest absolute Gasteiger partial charge is 0.224 e. The Morgan fingerprint density at radius 3 is 2.53 bits per heavy atom. The lowest BCUT2D eigenvalue weighted by Crippen LogP contribution is -2.46. The summed E-state index contributed by atoms with van der Waals surface area (Å²) in [5.74, 6) is 0.419. The Hall–Kier alpha value is -0.220. The van der Waals surface area contributed by atoms with E-state index in [1.807, 2.05) is 0 Å². The van der Waals surface area contributed by atoms with Gasteiger partial charge in [0.1, 0.15) is 0 Å². The SMILES string of the molecule is O=C(NCN1CCOCC1)C1CCN(P)CC1. The summed E-state index contributed by atoms with van der Waals surface area (Å²) in [4.78, 5) is 14.2. The molecule has 1 unspecified atom stereocenters. The maximum atomic E-state index is 12.0. The summed E-state index contributed by atoms with van der Waals surface area (Å²) >= 11 is 0. The number of hydrogen-bond donors (Lipinski definition) is 1. The molecule has 0 saturated carbocycles. The van der Waals surface area contributed by atoms with Crippen LogP contribution in [0, 0.1) is 5.92 Å². The third-order valence-electron chi connectivity index (χ3n) is 3.48. The topological polar surface area (TPSA) is 44.8 Å². The molecule has 2 fully saturated rings. The van der Waals surface area contributed by atoms with E-state index in [2.05, 4.69) is 24.3 Å². The maximum Gasteiger partial charge on any atom is 0.224 e. The van der Waals surface area contributed by atoms with Crippen LogP contribution in [0.4, 0.5) is 0 Å². The van der Waals surface area contributed by atoms with Gasteiger partial charge in [0, 0.05) is 32.1 Å². The molecular weight excluding hydrogens is 237 g/mol. The molecule has 0 aromatic rings. The fourth-order valence-electron chi connectivity index (χ4n) is 2.25. The van der Waals surface area contributed by atoms with Crippen molar-refractivity contribution in [3.8, 4) is 0 Å². The van der Waals surface area contributed by atoms with Crippen molar-refractivity contribution in [1.29, 1.82) is 0 Å². The largest absolute Gasteiger partial charge is 0.379 e. The second-order valence-corrected chi connectivity index (χ2v) is 5.47. The van der Waals surface area contributed by atoms with Gasteiger partial charge in [-0.05, 0) is 12.8 Å². The minimum atomic E-state index is 0.202. The molecule has 17 heavy (non-hydrogen) atoms. The summed E-state index contributed by atoms with van der Waals surface area (Å²) in [6.07, 6.45) is 1.94. The lowest BCUT2D eigenvalue weighted by molar-refractivity contribution is -0.127. The molecule has 1 N–H and O–H groups in total. The Labute approximate surface area is 105 Å². The zero-order chi connectivity index (χ0) is 12.1. The second kappa shape index (κ2) is 6.64. The van der Waals surface area contributed by atoms with Gasteiger partial charge in [-0.15, -0.1) is 0 Å². The van der Waals surface area contributed by atoms with Gasteiger partial charge < -0.3 is 10.1 Å². The van der Waals surface area contributed by atoms with Crippen LogP contribution in [0.15, 0.2) is 0 Å². The van der Waals surface area contributed by atoms with Gasteiger partial charge in [0.25, 0.3) is 0 Å². The van der Waals surface area contributed by atoms with Crippen LogP contribution in [0.25, 0.3) is 0 Å². The lowest BCUT2D eigenvalue weighted by atomic mass is 9.97. The minimum Gasteiger partial charge on any atom is -0.379 e. The van der Waals surface area contributed by atoms with E-state index in [-0.39, 0.29) is 11.8 Å². The Kier molecular flexibility index (Phi) is 5.16. The predicted octanol–water partition coefficient (Wildman–Crippen LogP) is -0.106. The number of ether oxygens (including phenoxy) is 1. The van der Waals surface area contributed by atoms with Gasteiger partial charge in [-0.3, -0.25) is 14.4 Å². The normalized spacial score (nSPS) is 24.8. The number of rotatable bonds is 3. The minimum absolute atomic E-state index is 0.202. The summed E-state index contributed by atoms with van der Waals surface area (Å²) in [5, 5.41) is 3.04. The van der Waals surface area contributed by atoms with Gasteiger partial charge in [-0.1, -0.05) is 9.39 Å². The van der Waals surface area contributed by atoms with E-state index >= 15 is 0 Å². The number of piperidine rings is 1. The highest BCUT2D eigenvalue weighted by Gasteiger charge is 2.23. The molecule has 2 heterocycles. The zero-order valence-corrected chi connectivity index (χ0v) is 11.4. The van der Waals surface area contributed by atoms with Gasteiger partial charge in [0.15, 0.2) is 0 Å². The molecule has 6 heteroatoms. The molecule has 2 rings (SSSR count). The number of carbonyl (C=O) groups is 1. The van der Waals surface area contributed by atoms with E-state index in [4.69, 9.17) is 4.74 Å². The first kappa shape index (κ1) is 13.2. The van der Waals surface area contributed by atoms with E-state index in [0.717, 1.165) is 52.2 Å². The number of hydrogen-bond acceptors (Lipinski definition) is 4. The van der Waals surface area contributed by atoms with E-state index in [1.54, 1.807) is 0 Å². The van der Waals surface area contributed by atoms with Crippen molar-refractivity contribution in [2.45, 2.75) is 12.8 Å². The van der Waals surface area contributed by atoms with Crippen LogP contribution in [0.2, 0.25) is 0 Å². The quantitative estimate of drug-likeness (QED) is 0.719. The van der Waals surface area contributed by atoms with E-state index in [0.29, 0.717) is 6.67 Å². The summed E-state index contributed by atoms with van der Waals surface area (Å²) < 4.78 is 7.47. The third kappa shape index (κ3) is 4.18. The van der Waals surface area contributed by atoms with E-state index in [1.165, 1.54) is 0 Å². The van der Waals surface area contributed by atoms with Gasteiger partial charge in [0.05, 0.1) is 19.9 Å². The van der Waals surface area contributed by atoms with E-state index in [9.17, 15) is 4.79 Å². The Morgan fingerprint density at radius 2 is 1.88 bits per heavy atom. The first-order valence-electron chi connectivity index (χ1n) is 6.33. The predicted molar refractivity (Wildman–Crippen MR) is 69.4 cm³/mol. The highest BCUT2D eigenvalue weighted by atomic mass is 31.0. The van der Waals surface area contributed by atoms with Crippen LogP contribution in [-0.2, 0) is 9.53 Å². The molecule has 0 bridgehead atoms. The van der Waals surface area contributed by atoms with Crippen molar-refractivity contribution in [1.82, 2.24) is 14.9 Å². The molecule has 1 atom stereocenters. The molecule has 0 aromatic carbocycles. The Morgan fingerprint density at radius 1 is 1.24 bits per heavy atom. The lowest BCUT2D eigenvalue weighted by Gasteiger charge is -2.30. The average molecular weight is 259 g/mol. The first-order valence-corrected chi connectivity index (χ1v) is 6.85. The van der Waals surface area contributed by atoms with Crippen LogP contribution >= 0.6 is 9.39 Å². The Balaban J connectivity index is 1.66. The maximum absolute atomic E-state index is 12.0. The number of morpholine rings is 1. The second-order valence-electron chi connectivity index (χ2n) is 4.74. The van der Waals surface area contributed by atoms with Crippen molar-refractivity contribution < 1.29 is 9.53 Å². The molecule has 0 radical (unpaired) electrons. The van der Waals surface area contributed by atoms with Gasteiger partial charge in [-0.25, -0.2) is 0 Å². The summed E-state index contributed by atoms with van der Waals surface area (Å²) in [5.41, 5.74) is 0. The van der Waals surface area contributed by atoms with Crippen molar-refractivity contribution in [3.63, 3.8) is 0 Å². The van der Waals surface area contributed by atoms with Crippen LogP contribution < -0.4 is 5.32 Å². The molecule has 0 aromatic heterocycles. The van der Waals surface area contributed by atoms with Crippen molar-refractivity contribution in [3.05, 3.63) is 0 Å². The molecular formula is C11H22N3O2P. The van der Waals surface area contributed by atoms with Crippen LogP contribution in [0.5, 0.6) is 0 Å². The van der Waals surface area contributed by atoms with Crippen LogP contribution in [-0.4, -0.2) is 61.5 Å². The third-order valence-corrected chi connectivity index (χ3v) is 4.00. The monoisotopic (exact) mass is 259 g/mol. The molecule has 2 saturated heterocycles. The van der Waals surface area contributed by atoms with Crippen molar-refractivity contribution >= 4 is 15.3 Å². The highest BCUT2D eigenvalue weighted by molar-refractivity contribution is 7.13. The van der Waals surface area contributed by atoms with Crippen molar-refractivity contribution in [2.24, 2.45) is 5.92 Å². The van der Waals surface area contributed by atoms with Crippen LogP contribution in [0.3, 0.4) is 0 Å². The van der Waals surface area contributed by atoms with E-state index < -0.39 is 0 Å². The van der Waals surface area contributed by atoms with Crippen LogP contribution in [0.1, 0.15) is 12.8 Å². The molecule has 5 nitrogen and oxygen atoms in total. The van der Waals surface area contributed by atoms with Crippen molar-refractivity contribution in [2.75, 3.05) is 46.1 Å². The fourth-order valence-corrected chi connectivity index (χ4v) is 2.55. The molecule has 1 amide bonds. The number of nitrogens with zero attached hydrogens (tertiary/aromatic N) is 2. The average Bonchev–Trinajstić information content (AvgIpc) is 2.38. The molecule has 0 spiro atoms. The number of nitrogens with one attached hydrogen (secondary N) is 1. The van der Waals surface area contributed by atoms with Gasteiger partial charge in [0.2, 0.25) is 5.91 Å². The molecule has 2 aliphatic rings. The number of amides is 1. The molecule has 98 valence electrons. The van der Waals surface area contributed by atoms with Gasteiger partial charge >= 0.3 is 0 Å². The Bertz CT molecular complexity index is 251. The zero-order valence-electron chi connectivity index (χ0n) is 10.2. The van der Waals surface area contributed by atoms with Gasteiger partial charge in [-0.2, -0.15) is 0 Å².